The molecule has 1 rings (SSSR count). The van der Waals surface area contributed by atoms with Gasteiger partial charge < -0.3 is 10.1 Å². The molecule has 15 heavy (non-hydrogen) atoms. The van der Waals surface area contributed by atoms with Crippen LogP contribution in [-0.2, 0) is 4.74 Å². The van der Waals surface area contributed by atoms with Crippen molar-refractivity contribution in [1.29, 1.82) is 0 Å². The van der Waals surface area contributed by atoms with Gasteiger partial charge in [0.25, 0.3) is 0 Å². The number of ether oxygens (including phenoxy) is 1. The van der Waals surface area contributed by atoms with E-state index in [1.807, 2.05) is 0 Å². The van der Waals surface area contributed by atoms with Crippen molar-refractivity contribution in [3.8, 4) is 0 Å². The molecule has 3 atom stereocenters. The number of rotatable bonds is 4. The van der Waals surface area contributed by atoms with E-state index in [4.69, 9.17) is 4.74 Å². The molecule has 0 saturated carbocycles. The van der Waals surface area contributed by atoms with Crippen LogP contribution in [0.25, 0.3) is 0 Å². The fourth-order valence-electron chi connectivity index (χ4n) is 2.40. The number of nitrogens with one attached hydrogen (secondary N) is 1. The molecule has 1 heterocycles. The van der Waals surface area contributed by atoms with Gasteiger partial charge in [0.2, 0.25) is 0 Å². The molecule has 0 aliphatic carbocycles. The second kappa shape index (κ2) is 6.49. The molecule has 3 unspecified atom stereocenters. The zero-order valence-electron chi connectivity index (χ0n) is 10.8. The lowest BCUT2D eigenvalue weighted by Crippen LogP contribution is -2.45. The Labute approximate surface area is 94.8 Å². The molecule has 2 nitrogen and oxygen atoms in total. The largest absolute Gasteiger partial charge is 0.377 e. The Morgan fingerprint density at radius 1 is 1.33 bits per heavy atom. The van der Waals surface area contributed by atoms with Crippen LogP contribution in [0.1, 0.15) is 53.4 Å². The topological polar surface area (TPSA) is 21.3 Å². The summed E-state index contributed by atoms with van der Waals surface area (Å²) in [7, 11) is 0. The fraction of sp³-hybridized carbons (Fsp3) is 1.00. The molecule has 2 heteroatoms. The molecule has 1 aliphatic heterocycles. The first-order valence-electron chi connectivity index (χ1n) is 6.56. The fourth-order valence-corrected chi connectivity index (χ4v) is 2.40. The van der Waals surface area contributed by atoms with E-state index in [0.717, 1.165) is 13.0 Å². The minimum absolute atomic E-state index is 0.434. The minimum atomic E-state index is 0.434. The SMILES string of the molecule is CCCC1OCCC(C(C)C)NC1CC. The molecule has 0 aromatic carbocycles. The van der Waals surface area contributed by atoms with E-state index in [-0.39, 0.29) is 0 Å². The van der Waals surface area contributed by atoms with Gasteiger partial charge in [0, 0.05) is 18.7 Å². The molecule has 0 radical (unpaired) electrons. The molecule has 0 aromatic heterocycles. The van der Waals surface area contributed by atoms with Gasteiger partial charge in [-0.1, -0.05) is 34.1 Å². The molecule has 1 fully saturated rings. The Morgan fingerprint density at radius 2 is 2.07 bits per heavy atom. The molecule has 1 N–H and O–H groups in total. The minimum Gasteiger partial charge on any atom is -0.377 e. The molecule has 0 bridgehead atoms. The number of hydrogen-bond donors (Lipinski definition) is 1. The maximum Gasteiger partial charge on any atom is 0.0727 e. The van der Waals surface area contributed by atoms with Crippen LogP contribution in [0.2, 0.25) is 0 Å². The molecule has 0 spiro atoms. The molecular formula is C13H27NO. The quantitative estimate of drug-likeness (QED) is 0.775. The van der Waals surface area contributed by atoms with Crippen LogP contribution in [0.4, 0.5) is 0 Å². The van der Waals surface area contributed by atoms with E-state index < -0.39 is 0 Å². The van der Waals surface area contributed by atoms with Crippen molar-refractivity contribution in [2.24, 2.45) is 5.92 Å². The molecule has 1 saturated heterocycles. The van der Waals surface area contributed by atoms with Gasteiger partial charge in [-0.15, -0.1) is 0 Å². The van der Waals surface area contributed by atoms with Gasteiger partial charge in [-0.05, 0) is 25.2 Å². The van der Waals surface area contributed by atoms with E-state index in [1.165, 1.54) is 19.3 Å². The summed E-state index contributed by atoms with van der Waals surface area (Å²) >= 11 is 0. The Hall–Kier alpha value is -0.0800. The maximum absolute atomic E-state index is 5.96. The summed E-state index contributed by atoms with van der Waals surface area (Å²) < 4.78 is 5.96. The normalized spacial score (nSPS) is 33.0. The third kappa shape index (κ3) is 3.76. The third-order valence-corrected chi connectivity index (χ3v) is 3.46. The van der Waals surface area contributed by atoms with E-state index >= 15 is 0 Å². The van der Waals surface area contributed by atoms with E-state index in [1.54, 1.807) is 0 Å². The lowest BCUT2D eigenvalue weighted by molar-refractivity contribution is 0.0357. The Kier molecular flexibility index (Phi) is 5.62. The summed E-state index contributed by atoms with van der Waals surface area (Å²) in [5, 5.41) is 3.77. The van der Waals surface area contributed by atoms with Crippen molar-refractivity contribution >= 4 is 0 Å². The second-order valence-corrected chi connectivity index (χ2v) is 5.02. The lowest BCUT2D eigenvalue weighted by atomic mass is 9.98. The lowest BCUT2D eigenvalue weighted by Gasteiger charge is -2.28. The van der Waals surface area contributed by atoms with Crippen LogP contribution in [0.5, 0.6) is 0 Å². The third-order valence-electron chi connectivity index (χ3n) is 3.46. The predicted octanol–water partition coefficient (Wildman–Crippen LogP) is 2.97. The molecule has 90 valence electrons. The van der Waals surface area contributed by atoms with Gasteiger partial charge in [0.15, 0.2) is 0 Å². The smallest absolute Gasteiger partial charge is 0.0727 e. The van der Waals surface area contributed by atoms with Crippen LogP contribution < -0.4 is 5.32 Å². The molecule has 0 amide bonds. The Balaban J connectivity index is 2.56. The summed E-state index contributed by atoms with van der Waals surface area (Å²) in [4.78, 5) is 0. The van der Waals surface area contributed by atoms with Crippen LogP contribution >= 0.6 is 0 Å². The summed E-state index contributed by atoms with van der Waals surface area (Å²) in [6.07, 6.45) is 5.18. The first-order chi connectivity index (χ1) is 7.19. The van der Waals surface area contributed by atoms with E-state index in [2.05, 4.69) is 33.0 Å². The van der Waals surface area contributed by atoms with Gasteiger partial charge in [0.05, 0.1) is 6.10 Å². The first-order valence-corrected chi connectivity index (χ1v) is 6.56. The van der Waals surface area contributed by atoms with Gasteiger partial charge in [-0.25, -0.2) is 0 Å². The zero-order chi connectivity index (χ0) is 11.3. The zero-order valence-corrected chi connectivity index (χ0v) is 10.8. The first kappa shape index (κ1) is 13.0. The number of hydrogen-bond acceptors (Lipinski definition) is 2. The van der Waals surface area contributed by atoms with E-state index in [0.29, 0.717) is 24.1 Å². The van der Waals surface area contributed by atoms with Crippen molar-refractivity contribution in [1.82, 2.24) is 5.32 Å². The van der Waals surface area contributed by atoms with Crippen LogP contribution in [0, 0.1) is 5.92 Å². The predicted molar refractivity (Wildman–Crippen MR) is 65.1 cm³/mol. The molecular weight excluding hydrogens is 186 g/mol. The summed E-state index contributed by atoms with van der Waals surface area (Å²) in [5.74, 6) is 0.711. The second-order valence-electron chi connectivity index (χ2n) is 5.02. The molecule has 1 aliphatic rings. The standard InChI is InChI=1S/C13H27NO/c1-5-7-13-11(6-2)14-12(10(3)4)8-9-15-13/h10-14H,5-9H2,1-4H3. The maximum atomic E-state index is 5.96. The molecule has 0 aromatic rings. The van der Waals surface area contributed by atoms with E-state index in [9.17, 15) is 0 Å². The highest BCUT2D eigenvalue weighted by Gasteiger charge is 2.27. The Bertz CT molecular complexity index is 170. The van der Waals surface area contributed by atoms with Crippen molar-refractivity contribution < 1.29 is 4.74 Å². The highest BCUT2D eigenvalue weighted by atomic mass is 16.5. The van der Waals surface area contributed by atoms with Crippen molar-refractivity contribution in [3.63, 3.8) is 0 Å². The van der Waals surface area contributed by atoms with Gasteiger partial charge in [-0.3, -0.25) is 0 Å². The van der Waals surface area contributed by atoms with Gasteiger partial charge in [0.1, 0.15) is 0 Å². The highest BCUT2D eigenvalue weighted by Crippen LogP contribution is 2.19. The van der Waals surface area contributed by atoms with Crippen LogP contribution in [0.15, 0.2) is 0 Å². The van der Waals surface area contributed by atoms with Gasteiger partial charge >= 0.3 is 0 Å². The average Bonchev–Trinajstić information content (AvgIpc) is 2.41. The van der Waals surface area contributed by atoms with Crippen molar-refractivity contribution in [2.75, 3.05) is 6.61 Å². The summed E-state index contributed by atoms with van der Waals surface area (Å²) in [5.41, 5.74) is 0. The monoisotopic (exact) mass is 213 g/mol. The summed E-state index contributed by atoms with van der Waals surface area (Å²) in [6, 6.07) is 1.19. The Morgan fingerprint density at radius 3 is 2.60 bits per heavy atom. The summed E-state index contributed by atoms with van der Waals surface area (Å²) in [6.45, 7) is 10.0. The van der Waals surface area contributed by atoms with Gasteiger partial charge in [-0.2, -0.15) is 0 Å². The van der Waals surface area contributed by atoms with Crippen LogP contribution in [0.3, 0.4) is 0 Å². The average molecular weight is 213 g/mol. The highest BCUT2D eigenvalue weighted by molar-refractivity contribution is 4.84. The van der Waals surface area contributed by atoms with Crippen LogP contribution in [-0.4, -0.2) is 24.8 Å². The van der Waals surface area contributed by atoms with Crippen molar-refractivity contribution in [3.05, 3.63) is 0 Å². The van der Waals surface area contributed by atoms with Crippen molar-refractivity contribution in [2.45, 2.75) is 71.6 Å².